The number of nitro benzene ring substituents is 1. The average molecular weight is 366 g/mol. The van der Waals surface area contributed by atoms with E-state index in [2.05, 4.69) is 19.2 Å². The zero-order valence-electron chi connectivity index (χ0n) is 15.8. The van der Waals surface area contributed by atoms with Crippen molar-refractivity contribution in [2.45, 2.75) is 32.7 Å². The number of allylic oxidation sites excluding steroid dienone is 1. The third kappa shape index (κ3) is 3.84. The zero-order valence-corrected chi connectivity index (χ0v) is 15.8. The Bertz CT molecular complexity index is 943. The summed E-state index contributed by atoms with van der Waals surface area (Å²) >= 11 is 0. The Morgan fingerprint density at radius 3 is 2.52 bits per heavy atom. The molecule has 0 saturated carbocycles. The SMILES string of the molecule is COc1cc(C)c2c(c1)/C(=C/C(=O)c1ccc([N+](=O)[O-])cc1)NC(C)(C)C2. The van der Waals surface area contributed by atoms with Gasteiger partial charge in [-0.3, -0.25) is 14.9 Å². The molecule has 1 heterocycles. The predicted octanol–water partition coefficient (Wildman–Crippen LogP) is 4.06. The van der Waals surface area contributed by atoms with Crippen LogP contribution in [0.2, 0.25) is 0 Å². The van der Waals surface area contributed by atoms with Gasteiger partial charge in [0.05, 0.1) is 12.0 Å². The fourth-order valence-electron chi connectivity index (χ4n) is 3.37. The number of nitro groups is 1. The molecule has 0 bridgehead atoms. The van der Waals surface area contributed by atoms with E-state index in [-0.39, 0.29) is 17.0 Å². The maximum Gasteiger partial charge on any atom is 0.269 e. The molecule has 140 valence electrons. The van der Waals surface area contributed by atoms with E-state index < -0.39 is 4.92 Å². The average Bonchev–Trinajstić information content (AvgIpc) is 2.61. The molecule has 0 unspecified atom stereocenters. The second-order valence-electron chi connectivity index (χ2n) is 7.38. The smallest absolute Gasteiger partial charge is 0.269 e. The number of nitrogens with one attached hydrogen (secondary N) is 1. The van der Waals surface area contributed by atoms with Gasteiger partial charge in [0.25, 0.3) is 5.69 Å². The Labute approximate surface area is 158 Å². The highest BCUT2D eigenvalue weighted by molar-refractivity contribution is 6.08. The summed E-state index contributed by atoms with van der Waals surface area (Å²) < 4.78 is 5.38. The third-order valence-corrected chi connectivity index (χ3v) is 4.70. The molecule has 0 radical (unpaired) electrons. The number of ketones is 1. The molecule has 6 heteroatoms. The first-order valence-corrected chi connectivity index (χ1v) is 8.67. The number of hydrogen-bond acceptors (Lipinski definition) is 5. The number of carbonyl (C=O) groups is 1. The number of fused-ring (bicyclic) bond motifs is 1. The monoisotopic (exact) mass is 366 g/mol. The number of hydrogen-bond donors (Lipinski definition) is 1. The molecule has 0 atom stereocenters. The van der Waals surface area contributed by atoms with E-state index in [0.717, 1.165) is 29.0 Å². The summed E-state index contributed by atoms with van der Waals surface area (Å²) in [5, 5.41) is 14.2. The molecular formula is C21H22N2O4. The normalized spacial score (nSPS) is 16.4. The number of non-ortho nitro benzene ring substituents is 1. The topological polar surface area (TPSA) is 81.5 Å². The maximum absolute atomic E-state index is 12.7. The minimum absolute atomic E-state index is 0.0400. The fourth-order valence-corrected chi connectivity index (χ4v) is 3.37. The van der Waals surface area contributed by atoms with Gasteiger partial charge in [-0.2, -0.15) is 0 Å². The van der Waals surface area contributed by atoms with Crippen molar-refractivity contribution in [1.29, 1.82) is 0 Å². The highest BCUT2D eigenvalue weighted by Crippen LogP contribution is 2.34. The first-order valence-electron chi connectivity index (χ1n) is 8.67. The van der Waals surface area contributed by atoms with Crippen molar-refractivity contribution >= 4 is 17.2 Å². The minimum atomic E-state index is -0.483. The van der Waals surface area contributed by atoms with Crippen LogP contribution in [0.15, 0.2) is 42.5 Å². The summed E-state index contributed by atoms with van der Waals surface area (Å²) in [4.78, 5) is 23.0. The summed E-state index contributed by atoms with van der Waals surface area (Å²) in [5.41, 5.74) is 4.14. The van der Waals surface area contributed by atoms with E-state index in [4.69, 9.17) is 4.74 Å². The summed E-state index contributed by atoms with van der Waals surface area (Å²) in [5.74, 6) is 0.526. The first-order chi connectivity index (χ1) is 12.7. The summed E-state index contributed by atoms with van der Waals surface area (Å²) in [6.07, 6.45) is 2.39. The van der Waals surface area contributed by atoms with Crippen molar-refractivity contribution in [2.24, 2.45) is 0 Å². The first kappa shape index (κ1) is 18.6. The molecular weight excluding hydrogens is 344 g/mol. The van der Waals surface area contributed by atoms with Gasteiger partial charge in [0.15, 0.2) is 5.78 Å². The molecule has 2 aromatic rings. The van der Waals surface area contributed by atoms with Crippen molar-refractivity contribution in [3.8, 4) is 5.75 Å². The van der Waals surface area contributed by atoms with Crippen molar-refractivity contribution in [3.05, 3.63) is 74.8 Å². The van der Waals surface area contributed by atoms with Crippen LogP contribution >= 0.6 is 0 Å². The van der Waals surface area contributed by atoms with Crippen LogP contribution < -0.4 is 10.1 Å². The predicted molar refractivity (Wildman–Crippen MR) is 104 cm³/mol. The molecule has 0 aromatic heterocycles. The van der Waals surface area contributed by atoms with Crippen molar-refractivity contribution in [1.82, 2.24) is 5.32 Å². The Balaban J connectivity index is 2.03. The molecule has 0 aliphatic carbocycles. The van der Waals surface area contributed by atoms with Gasteiger partial charge in [-0.05, 0) is 62.6 Å². The Morgan fingerprint density at radius 1 is 1.26 bits per heavy atom. The molecule has 1 aliphatic heterocycles. The second-order valence-corrected chi connectivity index (χ2v) is 7.38. The van der Waals surface area contributed by atoms with Crippen LogP contribution in [0, 0.1) is 17.0 Å². The number of benzene rings is 2. The number of rotatable bonds is 4. The van der Waals surface area contributed by atoms with Crippen LogP contribution in [0.4, 0.5) is 5.69 Å². The maximum atomic E-state index is 12.7. The molecule has 3 rings (SSSR count). The van der Waals surface area contributed by atoms with Crippen molar-refractivity contribution < 1.29 is 14.5 Å². The summed E-state index contributed by atoms with van der Waals surface area (Å²) in [6.45, 7) is 6.21. The van der Waals surface area contributed by atoms with Crippen molar-refractivity contribution in [2.75, 3.05) is 7.11 Å². The zero-order chi connectivity index (χ0) is 19.8. The molecule has 2 aromatic carbocycles. The molecule has 27 heavy (non-hydrogen) atoms. The van der Waals surface area contributed by atoms with E-state index >= 15 is 0 Å². The van der Waals surface area contributed by atoms with Crippen LogP contribution in [-0.4, -0.2) is 23.4 Å². The van der Waals surface area contributed by atoms with E-state index in [0.29, 0.717) is 5.56 Å². The molecule has 1 aliphatic rings. The Morgan fingerprint density at radius 2 is 1.93 bits per heavy atom. The lowest BCUT2D eigenvalue weighted by Gasteiger charge is -2.36. The van der Waals surface area contributed by atoms with Gasteiger partial charge in [0, 0.05) is 40.6 Å². The van der Waals surface area contributed by atoms with Gasteiger partial charge in [0.2, 0.25) is 0 Å². The number of carbonyl (C=O) groups excluding carboxylic acids is 1. The molecule has 0 amide bonds. The number of methoxy groups -OCH3 is 1. The summed E-state index contributed by atoms with van der Waals surface area (Å²) in [7, 11) is 1.62. The van der Waals surface area contributed by atoms with Gasteiger partial charge >= 0.3 is 0 Å². The standard InChI is InChI=1S/C21H22N2O4/c1-13-9-16(27-4)10-17-18(13)12-21(2,3)22-19(17)11-20(24)14-5-7-15(8-6-14)23(25)26/h5-11,22H,12H2,1-4H3/b19-11-. The minimum Gasteiger partial charge on any atom is -0.497 e. The van der Waals surface area contributed by atoms with Gasteiger partial charge in [-0.25, -0.2) is 0 Å². The largest absolute Gasteiger partial charge is 0.497 e. The Hall–Kier alpha value is -3.15. The van der Waals surface area contributed by atoms with E-state index in [9.17, 15) is 14.9 Å². The number of aryl methyl sites for hydroxylation is 1. The molecule has 0 saturated heterocycles. The molecule has 0 fully saturated rings. The Kier molecular flexibility index (Phi) is 4.74. The van der Waals surface area contributed by atoms with Gasteiger partial charge in [-0.1, -0.05) is 0 Å². The lowest BCUT2D eigenvalue weighted by atomic mass is 9.83. The van der Waals surface area contributed by atoms with Crippen LogP contribution in [0.3, 0.4) is 0 Å². The van der Waals surface area contributed by atoms with Crippen LogP contribution in [0.5, 0.6) is 5.75 Å². The highest BCUT2D eigenvalue weighted by Gasteiger charge is 2.29. The van der Waals surface area contributed by atoms with Crippen LogP contribution in [-0.2, 0) is 6.42 Å². The quantitative estimate of drug-likeness (QED) is 0.382. The van der Waals surface area contributed by atoms with Crippen LogP contribution in [0.1, 0.15) is 40.9 Å². The fraction of sp³-hybridized carbons (Fsp3) is 0.286. The van der Waals surface area contributed by atoms with E-state index in [1.807, 2.05) is 19.1 Å². The van der Waals surface area contributed by atoms with E-state index in [1.54, 1.807) is 13.2 Å². The van der Waals surface area contributed by atoms with E-state index in [1.165, 1.54) is 29.8 Å². The van der Waals surface area contributed by atoms with Crippen LogP contribution in [0.25, 0.3) is 5.70 Å². The number of ether oxygens (including phenoxy) is 1. The second kappa shape index (κ2) is 6.87. The van der Waals surface area contributed by atoms with Gasteiger partial charge < -0.3 is 10.1 Å². The summed E-state index contributed by atoms with van der Waals surface area (Å²) in [6, 6.07) is 9.55. The molecule has 1 N–H and O–H groups in total. The van der Waals surface area contributed by atoms with Gasteiger partial charge in [0.1, 0.15) is 5.75 Å². The highest BCUT2D eigenvalue weighted by atomic mass is 16.6. The number of nitrogens with zero attached hydrogens (tertiary/aromatic N) is 1. The van der Waals surface area contributed by atoms with Crippen molar-refractivity contribution in [3.63, 3.8) is 0 Å². The lowest BCUT2D eigenvalue weighted by molar-refractivity contribution is -0.384. The third-order valence-electron chi connectivity index (χ3n) is 4.70. The van der Waals surface area contributed by atoms with Gasteiger partial charge in [-0.15, -0.1) is 0 Å². The molecule has 0 spiro atoms. The molecule has 6 nitrogen and oxygen atoms in total. The lowest BCUT2D eigenvalue weighted by Crippen LogP contribution is -2.44.